The standard InChI is InChI=1S/C23H26N2O2/c26-22(20-14-18(20)16-8-3-1-4-9-16)24-12-7-13-25-23(27)21-15-19(21)17-10-5-2-6-11-17/h1-6,8-11,18-21H,7,12-15H2,(H,24,26)(H,25,27). The minimum Gasteiger partial charge on any atom is -0.356 e. The number of carbonyl (C=O) groups is 2. The van der Waals surface area contributed by atoms with E-state index < -0.39 is 0 Å². The van der Waals surface area contributed by atoms with Crippen molar-refractivity contribution in [1.29, 1.82) is 0 Å². The first kappa shape index (κ1) is 17.8. The molecule has 4 nitrogen and oxygen atoms in total. The largest absolute Gasteiger partial charge is 0.356 e. The smallest absolute Gasteiger partial charge is 0.223 e. The zero-order valence-corrected chi connectivity index (χ0v) is 15.4. The minimum absolute atomic E-state index is 0.111. The zero-order chi connectivity index (χ0) is 18.6. The van der Waals surface area contributed by atoms with Gasteiger partial charge >= 0.3 is 0 Å². The highest BCUT2D eigenvalue weighted by molar-refractivity contribution is 5.83. The summed E-state index contributed by atoms with van der Waals surface area (Å²) in [5.74, 6) is 1.24. The van der Waals surface area contributed by atoms with E-state index in [4.69, 9.17) is 0 Å². The molecule has 4 heteroatoms. The molecule has 0 saturated heterocycles. The van der Waals surface area contributed by atoms with Crippen LogP contribution in [0.1, 0.15) is 42.2 Å². The second kappa shape index (κ2) is 7.95. The number of nitrogens with one attached hydrogen (secondary N) is 2. The van der Waals surface area contributed by atoms with Crippen molar-refractivity contribution in [2.45, 2.75) is 31.1 Å². The highest BCUT2D eigenvalue weighted by Crippen LogP contribution is 2.48. The van der Waals surface area contributed by atoms with Crippen molar-refractivity contribution in [3.63, 3.8) is 0 Å². The van der Waals surface area contributed by atoms with E-state index in [1.165, 1.54) is 11.1 Å². The number of rotatable bonds is 8. The highest BCUT2D eigenvalue weighted by Gasteiger charge is 2.44. The summed E-state index contributed by atoms with van der Waals surface area (Å²) >= 11 is 0. The Hall–Kier alpha value is -2.62. The van der Waals surface area contributed by atoms with Crippen LogP contribution in [0.4, 0.5) is 0 Å². The molecule has 2 aromatic carbocycles. The Morgan fingerprint density at radius 1 is 0.704 bits per heavy atom. The number of benzene rings is 2. The number of hydrogen-bond donors (Lipinski definition) is 2. The molecule has 2 fully saturated rings. The van der Waals surface area contributed by atoms with Gasteiger partial charge in [0.25, 0.3) is 0 Å². The van der Waals surface area contributed by atoms with E-state index in [1.54, 1.807) is 0 Å². The summed E-state index contributed by atoms with van der Waals surface area (Å²) in [5.41, 5.74) is 2.50. The fourth-order valence-electron chi connectivity index (χ4n) is 3.88. The van der Waals surface area contributed by atoms with E-state index in [0.29, 0.717) is 24.9 Å². The fourth-order valence-corrected chi connectivity index (χ4v) is 3.88. The molecule has 2 amide bonds. The molecule has 2 aliphatic rings. The van der Waals surface area contributed by atoms with Crippen LogP contribution < -0.4 is 10.6 Å². The van der Waals surface area contributed by atoms with Gasteiger partial charge in [-0.3, -0.25) is 9.59 Å². The van der Waals surface area contributed by atoms with Crippen LogP contribution >= 0.6 is 0 Å². The Kier molecular flexibility index (Phi) is 5.23. The molecule has 4 atom stereocenters. The van der Waals surface area contributed by atoms with Crippen LogP contribution in [-0.4, -0.2) is 24.9 Å². The molecule has 2 aromatic rings. The molecular formula is C23H26N2O2. The molecule has 4 rings (SSSR count). The third-order valence-electron chi connectivity index (χ3n) is 5.66. The first-order valence-corrected chi connectivity index (χ1v) is 9.89. The molecule has 0 heterocycles. The van der Waals surface area contributed by atoms with Crippen LogP contribution in [0, 0.1) is 11.8 Å². The van der Waals surface area contributed by atoms with Crippen LogP contribution in [0.5, 0.6) is 0 Å². The van der Waals surface area contributed by atoms with Crippen molar-refractivity contribution >= 4 is 11.8 Å². The van der Waals surface area contributed by atoms with Gasteiger partial charge in [-0.1, -0.05) is 60.7 Å². The lowest BCUT2D eigenvalue weighted by molar-refractivity contribution is -0.122. The summed E-state index contributed by atoms with van der Waals surface area (Å²) in [7, 11) is 0. The fraction of sp³-hybridized carbons (Fsp3) is 0.391. The zero-order valence-electron chi connectivity index (χ0n) is 15.4. The third kappa shape index (κ3) is 4.38. The molecule has 2 N–H and O–H groups in total. The maximum Gasteiger partial charge on any atom is 0.223 e. The maximum atomic E-state index is 12.2. The van der Waals surface area contributed by atoms with Gasteiger partial charge in [0, 0.05) is 24.9 Å². The van der Waals surface area contributed by atoms with Gasteiger partial charge in [-0.05, 0) is 42.2 Å². The van der Waals surface area contributed by atoms with Crippen molar-refractivity contribution in [3.05, 3.63) is 71.8 Å². The van der Waals surface area contributed by atoms with Crippen LogP contribution in [0.15, 0.2) is 60.7 Å². The van der Waals surface area contributed by atoms with E-state index >= 15 is 0 Å². The summed E-state index contributed by atoms with van der Waals surface area (Å²) in [6.07, 6.45) is 2.65. The van der Waals surface area contributed by atoms with E-state index in [1.807, 2.05) is 36.4 Å². The van der Waals surface area contributed by atoms with Gasteiger partial charge in [0.1, 0.15) is 0 Å². The van der Waals surface area contributed by atoms with Crippen LogP contribution in [-0.2, 0) is 9.59 Å². The lowest BCUT2D eigenvalue weighted by Crippen LogP contribution is -2.31. The number of hydrogen-bond acceptors (Lipinski definition) is 2. The lowest BCUT2D eigenvalue weighted by Gasteiger charge is -2.07. The normalized spacial score (nSPS) is 25.5. The van der Waals surface area contributed by atoms with E-state index in [9.17, 15) is 9.59 Å². The molecule has 0 spiro atoms. The quantitative estimate of drug-likeness (QED) is 0.709. The molecule has 0 aliphatic heterocycles. The van der Waals surface area contributed by atoms with Crippen molar-refractivity contribution in [2.75, 3.05) is 13.1 Å². The SMILES string of the molecule is O=C(NCCCNC(=O)C1CC1c1ccccc1)C1CC1c1ccccc1. The Labute approximate surface area is 160 Å². The van der Waals surface area contributed by atoms with Crippen molar-refractivity contribution in [3.8, 4) is 0 Å². The first-order valence-electron chi connectivity index (χ1n) is 9.89. The first-order chi connectivity index (χ1) is 13.2. The van der Waals surface area contributed by atoms with Gasteiger partial charge < -0.3 is 10.6 Å². The predicted molar refractivity (Wildman–Crippen MR) is 105 cm³/mol. The predicted octanol–water partition coefficient (Wildman–Crippen LogP) is 3.22. The monoisotopic (exact) mass is 362 g/mol. The van der Waals surface area contributed by atoms with Crippen molar-refractivity contribution in [1.82, 2.24) is 10.6 Å². The van der Waals surface area contributed by atoms with E-state index in [2.05, 4.69) is 34.9 Å². The van der Waals surface area contributed by atoms with Gasteiger partial charge in [0.15, 0.2) is 0 Å². The molecule has 2 saturated carbocycles. The molecule has 2 aliphatic carbocycles. The van der Waals surface area contributed by atoms with Gasteiger partial charge in [-0.25, -0.2) is 0 Å². The molecule has 4 unspecified atom stereocenters. The molecular weight excluding hydrogens is 336 g/mol. The van der Waals surface area contributed by atoms with Gasteiger partial charge in [0.2, 0.25) is 11.8 Å². The second-order valence-electron chi connectivity index (χ2n) is 7.65. The average molecular weight is 362 g/mol. The van der Waals surface area contributed by atoms with Crippen molar-refractivity contribution < 1.29 is 9.59 Å². The van der Waals surface area contributed by atoms with Crippen molar-refractivity contribution in [2.24, 2.45) is 11.8 Å². The number of carbonyl (C=O) groups excluding carboxylic acids is 2. The van der Waals surface area contributed by atoms with Gasteiger partial charge in [-0.15, -0.1) is 0 Å². The molecule has 27 heavy (non-hydrogen) atoms. The summed E-state index contributed by atoms with van der Waals surface area (Å²) in [6, 6.07) is 20.4. The summed E-state index contributed by atoms with van der Waals surface area (Å²) < 4.78 is 0. The van der Waals surface area contributed by atoms with E-state index in [0.717, 1.165) is 19.3 Å². The Bertz CT molecular complexity index is 723. The third-order valence-corrected chi connectivity index (χ3v) is 5.66. The van der Waals surface area contributed by atoms with Gasteiger partial charge in [0.05, 0.1) is 0 Å². The summed E-state index contributed by atoms with van der Waals surface area (Å²) in [5, 5.41) is 6.01. The van der Waals surface area contributed by atoms with Gasteiger partial charge in [-0.2, -0.15) is 0 Å². The molecule has 0 aromatic heterocycles. The Morgan fingerprint density at radius 2 is 1.11 bits per heavy atom. The molecule has 0 bridgehead atoms. The Morgan fingerprint density at radius 3 is 1.52 bits per heavy atom. The molecule has 140 valence electrons. The minimum atomic E-state index is 0.111. The maximum absolute atomic E-state index is 12.2. The van der Waals surface area contributed by atoms with Crippen LogP contribution in [0.2, 0.25) is 0 Å². The average Bonchev–Trinajstić information content (AvgIpc) is 3.62. The molecule has 0 radical (unpaired) electrons. The highest BCUT2D eigenvalue weighted by atomic mass is 16.2. The van der Waals surface area contributed by atoms with Crippen LogP contribution in [0.25, 0.3) is 0 Å². The topological polar surface area (TPSA) is 58.2 Å². The summed E-state index contributed by atoms with van der Waals surface area (Å²) in [6.45, 7) is 1.23. The second-order valence-corrected chi connectivity index (χ2v) is 7.65. The van der Waals surface area contributed by atoms with Crippen LogP contribution in [0.3, 0.4) is 0 Å². The van der Waals surface area contributed by atoms with E-state index in [-0.39, 0.29) is 23.7 Å². The lowest BCUT2D eigenvalue weighted by atomic mass is 10.1. The Balaban J connectivity index is 1.10. The summed E-state index contributed by atoms with van der Waals surface area (Å²) in [4.78, 5) is 24.4. The number of amides is 2.